The molecule has 2 rings (SSSR count). The summed E-state index contributed by atoms with van der Waals surface area (Å²) in [5, 5.41) is 19.0. The van der Waals surface area contributed by atoms with Crippen molar-refractivity contribution in [3.63, 3.8) is 0 Å². The molecule has 76 valence electrons. The Morgan fingerprint density at radius 1 is 0.933 bits per heavy atom. The third-order valence-electron chi connectivity index (χ3n) is 2.15. The molecule has 0 bridgehead atoms. The largest absolute Gasteiger partial charge is 0.493 e. The van der Waals surface area contributed by atoms with Gasteiger partial charge in [0.15, 0.2) is 0 Å². The summed E-state index contributed by atoms with van der Waals surface area (Å²) in [5.41, 5.74) is 2.06. The Hall–Kier alpha value is -2.10. The van der Waals surface area contributed by atoms with E-state index in [1.807, 2.05) is 19.1 Å². The van der Waals surface area contributed by atoms with E-state index in [-0.39, 0.29) is 17.3 Å². The Kier molecular flexibility index (Phi) is 2.25. The summed E-state index contributed by atoms with van der Waals surface area (Å²) in [4.78, 5) is 7.25. The lowest BCUT2D eigenvalue weighted by molar-refractivity contribution is 0.425. The minimum atomic E-state index is -0.216. The van der Waals surface area contributed by atoms with Gasteiger partial charge < -0.3 is 10.2 Å². The van der Waals surface area contributed by atoms with Gasteiger partial charge >= 0.3 is 0 Å². The average molecular weight is 202 g/mol. The van der Waals surface area contributed by atoms with Crippen molar-refractivity contribution < 1.29 is 10.2 Å². The number of aryl methyl sites for hydroxylation is 1. The highest BCUT2D eigenvalue weighted by molar-refractivity contribution is 5.72. The Labute approximate surface area is 86.9 Å². The SMILES string of the molecule is Cc1ccc(-c2c(O)ncnc2O)cc1. The first kappa shape index (κ1) is 9.45. The molecule has 0 unspecified atom stereocenters. The van der Waals surface area contributed by atoms with Crippen molar-refractivity contribution in [2.75, 3.05) is 0 Å². The maximum atomic E-state index is 9.50. The molecule has 0 aliphatic rings. The standard InChI is InChI=1S/C11H10N2O2/c1-7-2-4-8(5-3-7)9-10(14)12-6-13-11(9)15/h2-6H,1H3,(H2,12,13,14,15). The third-order valence-corrected chi connectivity index (χ3v) is 2.15. The van der Waals surface area contributed by atoms with E-state index in [1.54, 1.807) is 12.1 Å². The van der Waals surface area contributed by atoms with Crippen LogP contribution in [-0.2, 0) is 0 Å². The van der Waals surface area contributed by atoms with E-state index < -0.39 is 0 Å². The number of aromatic hydroxyl groups is 2. The number of hydrogen-bond donors (Lipinski definition) is 2. The van der Waals surface area contributed by atoms with Crippen molar-refractivity contribution in [2.45, 2.75) is 6.92 Å². The summed E-state index contributed by atoms with van der Waals surface area (Å²) < 4.78 is 0. The second kappa shape index (κ2) is 3.57. The van der Waals surface area contributed by atoms with Crippen LogP contribution in [0.3, 0.4) is 0 Å². The van der Waals surface area contributed by atoms with Crippen molar-refractivity contribution in [3.05, 3.63) is 36.2 Å². The van der Waals surface area contributed by atoms with Gasteiger partial charge in [-0.1, -0.05) is 29.8 Å². The van der Waals surface area contributed by atoms with Crippen LogP contribution in [0.25, 0.3) is 11.1 Å². The van der Waals surface area contributed by atoms with Crippen molar-refractivity contribution in [2.24, 2.45) is 0 Å². The lowest BCUT2D eigenvalue weighted by atomic mass is 10.1. The fraction of sp³-hybridized carbons (Fsp3) is 0.0909. The lowest BCUT2D eigenvalue weighted by Crippen LogP contribution is -1.86. The fourth-order valence-electron chi connectivity index (χ4n) is 1.35. The van der Waals surface area contributed by atoms with Crippen molar-refractivity contribution in [1.82, 2.24) is 9.97 Å². The first-order chi connectivity index (χ1) is 7.18. The van der Waals surface area contributed by atoms with Crippen LogP contribution >= 0.6 is 0 Å². The summed E-state index contributed by atoms with van der Waals surface area (Å²) in [5.74, 6) is -0.433. The number of benzene rings is 1. The molecule has 2 N–H and O–H groups in total. The number of rotatable bonds is 1. The van der Waals surface area contributed by atoms with E-state index in [0.29, 0.717) is 5.56 Å². The number of nitrogens with zero attached hydrogens (tertiary/aromatic N) is 2. The molecule has 0 atom stereocenters. The molecule has 0 spiro atoms. The maximum absolute atomic E-state index is 9.50. The second-order valence-corrected chi connectivity index (χ2v) is 3.26. The molecular formula is C11H10N2O2. The van der Waals surface area contributed by atoms with Crippen LogP contribution in [0.2, 0.25) is 0 Å². The first-order valence-electron chi connectivity index (χ1n) is 4.48. The predicted molar refractivity (Wildman–Crippen MR) is 55.5 cm³/mol. The van der Waals surface area contributed by atoms with Gasteiger partial charge in [-0.3, -0.25) is 0 Å². The van der Waals surface area contributed by atoms with E-state index >= 15 is 0 Å². The normalized spacial score (nSPS) is 10.2. The van der Waals surface area contributed by atoms with E-state index in [0.717, 1.165) is 11.9 Å². The summed E-state index contributed by atoms with van der Waals surface area (Å²) in [7, 11) is 0. The summed E-state index contributed by atoms with van der Waals surface area (Å²) >= 11 is 0. The number of aromatic nitrogens is 2. The molecule has 1 heterocycles. The second-order valence-electron chi connectivity index (χ2n) is 3.26. The van der Waals surface area contributed by atoms with E-state index in [9.17, 15) is 10.2 Å². The van der Waals surface area contributed by atoms with Crippen LogP contribution in [0.15, 0.2) is 30.6 Å². The molecule has 2 aromatic rings. The highest BCUT2D eigenvalue weighted by Crippen LogP contribution is 2.33. The molecule has 0 radical (unpaired) electrons. The number of hydrogen-bond acceptors (Lipinski definition) is 4. The highest BCUT2D eigenvalue weighted by Gasteiger charge is 2.11. The van der Waals surface area contributed by atoms with Gasteiger partial charge in [-0.25, -0.2) is 9.97 Å². The zero-order valence-corrected chi connectivity index (χ0v) is 8.18. The smallest absolute Gasteiger partial charge is 0.225 e. The van der Waals surface area contributed by atoms with Crippen molar-refractivity contribution >= 4 is 0 Å². The monoisotopic (exact) mass is 202 g/mol. The molecular weight excluding hydrogens is 192 g/mol. The van der Waals surface area contributed by atoms with Crippen LogP contribution < -0.4 is 0 Å². The predicted octanol–water partition coefficient (Wildman–Crippen LogP) is 1.86. The van der Waals surface area contributed by atoms with Gasteiger partial charge in [0.25, 0.3) is 0 Å². The van der Waals surface area contributed by atoms with Gasteiger partial charge in [0.1, 0.15) is 11.9 Å². The van der Waals surface area contributed by atoms with E-state index in [1.165, 1.54) is 0 Å². The van der Waals surface area contributed by atoms with Gasteiger partial charge in [0, 0.05) is 0 Å². The zero-order chi connectivity index (χ0) is 10.8. The molecule has 0 fully saturated rings. The lowest BCUT2D eigenvalue weighted by Gasteiger charge is -2.05. The molecule has 0 saturated heterocycles. The van der Waals surface area contributed by atoms with E-state index in [2.05, 4.69) is 9.97 Å². The fourth-order valence-corrected chi connectivity index (χ4v) is 1.35. The maximum Gasteiger partial charge on any atom is 0.225 e. The molecule has 4 nitrogen and oxygen atoms in total. The van der Waals surface area contributed by atoms with Crippen molar-refractivity contribution in [1.29, 1.82) is 0 Å². The van der Waals surface area contributed by atoms with Crippen LogP contribution in [0.5, 0.6) is 11.8 Å². The molecule has 0 aliphatic heterocycles. The Morgan fingerprint density at radius 3 is 2.00 bits per heavy atom. The van der Waals surface area contributed by atoms with Crippen molar-refractivity contribution in [3.8, 4) is 22.9 Å². The van der Waals surface area contributed by atoms with Gasteiger partial charge in [-0.15, -0.1) is 0 Å². The minimum absolute atomic E-state index is 0.216. The van der Waals surface area contributed by atoms with Gasteiger partial charge in [-0.2, -0.15) is 0 Å². The van der Waals surface area contributed by atoms with Gasteiger partial charge in [0.05, 0.1) is 0 Å². The van der Waals surface area contributed by atoms with Crippen LogP contribution in [0.4, 0.5) is 0 Å². The zero-order valence-electron chi connectivity index (χ0n) is 8.18. The molecule has 0 amide bonds. The summed E-state index contributed by atoms with van der Waals surface area (Å²) in [6.07, 6.45) is 1.11. The van der Waals surface area contributed by atoms with E-state index in [4.69, 9.17) is 0 Å². The summed E-state index contributed by atoms with van der Waals surface area (Å²) in [6.45, 7) is 1.96. The van der Waals surface area contributed by atoms with Crippen LogP contribution in [0, 0.1) is 6.92 Å². The highest BCUT2D eigenvalue weighted by atomic mass is 16.3. The Morgan fingerprint density at radius 2 is 1.47 bits per heavy atom. The van der Waals surface area contributed by atoms with Gasteiger partial charge in [-0.05, 0) is 12.5 Å². The molecule has 1 aromatic carbocycles. The molecule has 0 aliphatic carbocycles. The first-order valence-corrected chi connectivity index (χ1v) is 4.48. The van der Waals surface area contributed by atoms with Gasteiger partial charge in [0.2, 0.25) is 11.8 Å². The molecule has 4 heteroatoms. The van der Waals surface area contributed by atoms with Crippen LogP contribution in [0.1, 0.15) is 5.56 Å². The average Bonchev–Trinajstić information content (AvgIpc) is 2.20. The third kappa shape index (κ3) is 1.74. The summed E-state index contributed by atoms with van der Waals surface area (Å²) in [6, 6.07) is 7.38. The quantitative estimate of drug-likeness (QED) is 0.740. The Balaban J connectivity index is 2.58. The Bertz CT molecular complexity index is 460. The molecule has 1 aromatic heterocycles. The molecule has 15 heavy (non-hydrogen) atoms. The minimum Gasteiger partial charge on any atom is -0.493 e. The molecule has 0 saturated carbocycles. The van der Waals surface area contributed by atoms with Crippen LogP contribution in [-0.4, -0.2) is 20.2 Å². The topological polar surface area (TPSA) is 66.2 Å².